The van der Waals surface area contributed by atoms with Gasteiger partial charge < -0.3 is 14.8 Å². The van der Waals surface area contributed by atoms with E-state index < -0.39 is 0 Å². The number of methoxy groups -OCH3 is 2. The Morgan fingerprint density at radius 3 is 2.37 bits per heavy atom. The summed E-state index contributed by atoms with van der Waals surface area (Å²) in [6.07, 6.45) is 6.98. The molecular formula is C12H20N4O2S. The largest absolute Gasteiger partial charge is 0.467 e. The Morgan fingerprint density at radius 2 is 1.79 bits per heavy atom. The molecule has 19 heavy (non-hydrogen) atoms. The van der Waals surface area contributed by atoms with Gasteiger partial charge in [-0.2, -0.15) is 21.7 Å². The molecule has 6 nitrogen and oxygen atoms in total. The second-order valence-electron chi connectivity index (χ2n) is 4.50. The van der Waals surface area contributed by atoms with E-state index >= 15 is 0 Å². The minimum atomic E-state index is 0.270. The quantitative estimate of drug-likeness (QED) is 0.886. The van der Waals surface area contributed by atoms with Gasteiger partial charge in [0.1, 0.15) is 0 Å². The summed E-state index contributed by atoms with van der Waals surface area (Å²) in [6.45, 7) is 0. The number of nitrogens with zero attached hydrogens (tertiary/aromatic N) is 3. The van der Waals surface area contributed by atoms with Crippen LogP contribution < -0.4 is 14.8 Å². The van der Waals surface area contributed by atoms with Crippen LogP contribution in [-0.4, -0.2) is 46.7 Å². The van der Waals surface area contributed by atoms with Crippen LogP contribution in [0.4, 0.5) is 5.95 Å². The molecule has 0 bridgehead atoms. The zero-order valence-electron chi connectivity index (χ0n) is 11.5. The Balaban J connectivity index is 2.05. The van der Waals surface area contributed by atoms with Crippen LogP contribution in [0, 0.1) is 0 Å². The molecule has 0 spiro atoms. The van der Waals surface area contributed by atoms with Gasteiger partial charge in [-0.1, -0.05) is 6.42 Å². The molecule has 1 N–H and O–H groups in total. The number of ether oxygens (including phenoxy) is 2. The zero-order valence-corrected chi connectivity index (χ0v) is 12.4. The Hall–Kier alpha value is -1.24. The molecule has 1 saturated carbocycles. The van der Waals surface area contributed by atoms with Crippen LogP contribution >= 0.6 is 11.8 Å². The van der Waals surface area contributed by atoms with Gasteiger partial charge in [-0.05, 0) is 25.5 Å². The molecular weight excluding hydrogens is 264 g/mol. The molecule has 0 radical (unpaired) electrons. The van der Waals surface area contributed by atoms with Crippen molar-refractivity contribution in [3.63, 3.8) is 0 Å². The Bertz CT molecular complexity index is 396. The van der Waals surface area contributed by atoms with Gasteiger partial charge in [0.2, 0.25) is 5.95 Å². The fraction of sp³-hybridized carbons (Fsp3) is 0.750. The van der Waals surface area contributed by atoms with Gasteiger partial charge in [0.15, 0.2) is 0 Å². The highest BCUT2D eigenvalue weighted by atomic mass is 32.2. The van der Waals surface area contributed by atoms with Gasteiger partial charge in [0.05, 0.1) is 14.2 Å². The normalized spacial score (nSPS) is 22.9. The molecule has 1 aliphatic rings. The lowest BCUT2D eigenvalue weighted by Gasteiger charge is -2.28. The number of anilines is 1. The van der Waals surface area contributed by atoms with Crippen molar-refractivity contribution in [2.45, 2.75) is 37.0 Å². The Kier molecular flexibility index (Phi) is 5.07. The summed E-state index contributed by atoms with van der Waals surface area (Å²) in [6, 6.07) is 0.946. The van der Waals surface area contributed by atoms with Crippen molar-refractivity contribution >= 4 is 17.7 Å². The van der Waals surface area contributed by atoms with Crippen LogP contribution in [-0.2, 0) is 0 Å². The Labute approximate surface area is 117 Å². The van der Waals surface area contributed by atoms with Crippen LogP contribution in [0.2, 0.25) is 0 Å². The number of thioether (sulfide) groups is 1. The van der Waals surface area contributed by atoms with E-state index in [9.17, 15) is 0 Å². The number of aromatic nitrogens is 3. The van der Waals surface area contributed by atoms with E-state index in [1.54, 1.807) is 0 Å². The van der Waals surface area contributed by atoms with E-state index in [0.29, 0.717) is 12.0 Å². The van der Waals surface area contributed by atoms with Gasteiger partial charge >= 0.3 is 12.0 Å². The third-order valence-electron chi connectivity index (χ3n) is 3.25. The van der Waals surface area contributed by atoms with Crippen molar-refractivity contribution in [3.8, 4) is 12.0 Å². The highest BCUT2D eigenvalue weighted by molar-refractivity contribution is 7.99. The van der Waals surface area contributed by atoms with Gasteiger partial charge in [-0.15, -0.1) is 4.98 Å². The SMILES string of the molecule is COc1nc(NC2CCCC(SC)C2)nc(OC)n1. The standard InChI is InChI=1S/C12H20N4O2S/c1-17-11-14-10(15-12(16-11)18-2)13-8-5-4-6-9(7-8)19-3/h8-9H,4-7H2,1-3H3,(H,13,14,15,16). The molecule has 0 aromatic carbocycles. The summed E-state index contributed by atoms with van der Waals surface area (Å²) in [4.78, 5) is 12.4. The highest BCUT2D eigenvalue weighted by Crippen LogP contribution is 2.28. The fourth-order valence-electron chi connectivity index (χ4n) is 2.26. The third-order valence-corrected chi connectivity index (χ3v) is 4.35. The van der Waals surface area contributed by atoms with E-state index in [-0.39, 0.29) is 12.0 Å². The molecule has 1 heterocycles. The number of rotatable bonds is 5. The van der Waals surface area contributed by atoms with Crippen LogP contribution in [0.25, 0.3) is 0 Å². The fourth-order valence-corrected chi connectivity index (χ4v) is 3.08. The number of hydrogen-bond acceptors (Lipinski definition) is 7. The monoisotopic (exact) mass is 284 g/mol. The van der Waals surface area contributed by atoms with Crippen molar-refractivity contribution < 1.29 is 9.47 Å². The molecule has 106 valence electrons. The van der Waals surface area contributed by atoms with E-state index in [1.807, 2.05) is 11.8 Å². The zero-order chi connectivity index (χ0) is 13.7. The molecule has 1 fully saturated rings. The summed E-state index contributed by atoms with van der Waals surface area (Å²) < 4.78 is 10.1. The average Bonchev–Trinajstić information content (AvgIpc) is 2.47. The van der Waals surface area contributed by atoms with Crippen molar-refractivity contribution in [2.75, 3.05) is 25.8 Å². The minimum absolute atomic E-state index is 0.270. The first-order chi connectivity index (χ1) is 9.25. The van der Waals surface area contributed by atoms with Crippen molar-refractivity contribution in [2.24, 2.45) is 0 Å². The van der Waals surface area contributed by atoms with Crippen molar-refractivity contribution in [1.82, 2.24) is 15.0 Å². The molecule has 1 aliphatic carbocycles. The van der Waals surface area contributed by atoms with E-state index in [0.717, 1.165) is 18.1 Å². The first-order valence-corrected chi connectivity index (χ1v) is 7.67. The van der Waals surface area contributed by atoms with Crippen molar-refractivity contribution in [3.05, 3.63) is 0 Å². The van der Waals surface area contributed by atoms with Crippen molar-refractivity contribution in [1.29, 1.82) is 0 Å². The molecule has 0 aliphatic heterocycles. The second kappa shape index (κ2) is 6.79. The van der Waals surface area contributed by atoms with E-state index in [1.165, 1.54) is 27.1 Å². The molecule has 0 saturated heterocycles. The third kappa shape index (κ3) is 3.86. The van der Waals surface area contributed by atoms with Gasteiger partial charge in [0, 0.05) is 11.3 Å². The van der Waals surface area contributed by atoms with Gasteiger partial charge in [-0.25, -0.2) is 0 Å². The number of hydrogen-bond donors (Lipinski definition) is 1. The maximum atomic E-state index is 5.04. The highest BCUT2D eigenvalue weighted by Gasteiger charge is 2.22. The minimum Gasteiger partial charge on any atom is -0.467 e. The molecule has 2 rings (SSSR count). The molecule has 1 aromatic rings. The summed E-state index contributed by atoms with van der Waals surface area (Å²) in [7, 11) is 3.06. The van der Waals surface area contributed by atoms with Gasteiger partial charge in [0.25, 0.3) is 0 Å². The van der Waals surface area contributed by atoms with E-state index in [4.69, 9.17) is 9.47 Å². The summed E-state index contributed by atoms with van der Waals surface area (Å²) in [5.74, 6) is 0.524. The van der Waals surface area contributed by atoms with Crippen LogP contribution in [0.15, 0.2) is 0 Å². The van der Waals surface area contributed by atoms with Crippen LogP contribution in [0.3, 0.4) is 0 Å². The molecule has 1 aromatic heterocycles. The maximum absolute atomic E-state index is 5.04. The van der Waals surface area contributed by atoms with Gasteiger partial charge in [-0.3, -0.25) is 0 Å². The van der Waals surface area contributed by atoms with Crippen LogP contribution in [0.5, 0.6) is 12.0 Å². The van der Waals surface area contributed by atoms with Crippen LogP contribution in [0.1, 0.15) is 25.7 Å². The second-order valence-corrected chi connectivity index (χ2v) is 5.64. The molecule has 7 heteroatoms. The average molecular weight is 284 g/mol. The summed E-state index contributed by atoms with van der Waals surface area (Å²) in [5, 5.41) is 4.08. The number of nitrogens with one attached hydrogen (secondary N) is 1. The Morgan fingerprint density at radius 1 is 1.11 bits per heavy atom. The predicted octanol–water partition coefficient (Wildman–Crippen LogP) is 1.97. The predicted molar refractivity (Wildman–Crippen MR) is 76.1 cm³/mol. The lowest BCUT2D eigenvalue weighted by atomic mass is 9.95. The summed E-state index contributed by atoms with van der Waals surface area (Å²) in [5.41, 5.74) is 0. The lowest BCUT2D eigenvalue weighted by molar-refractivity contribution is 0.340. The molecule has 2 atom stereocenters. The van der Waals surface area contributed by atoms with E-state index in [2.05, 4.69) is 26.5 Å². The molecule has 2 unspecified atom stereocenters. The topological polar surface area (TPSA) is 69.2 Å². The summed E-state index contributed by atoms with van der Waals surface area (Å²) >= 11 is 1.93. The maximum Gasteiger partial charge on any atom is 0.324 e. The first-order valence-electron chi connectivity index (χ1n) is 6.38. The first kappa shape index (κ1) is 14.2. The molecule has 0 amide bonds. The lowest BCUT2D eigenvalue weighted by Crippen LogP contribution is -2.29. The smallest absolute Gasteiger partial charge is 0.324 e.